The van der Waals surface area contributed by atoms with Crippen LogP contribution in [0, 0.1) is 0 Å². The molecule has 0 saturated carbocycles. The van der Waals surface area contributed by atoms with E-state index in [1.807, 2.05) is 0 Å². The number of hydrogen-bond donors (Lipinski definition) is 1. The minimum atomic E-state index is -0.404. The molecule has 1 aromatic rings. The number of rotatable bonds is 1. The summed E-state index contributed by atoms with van der Waals surface area (Å²) in [6.07, 6.45) is 7.36. The molecule has 1 aromatic heterocycles. The number of azo groups is 1. The van der Waals surface area contributed by atoms with Crippen molar-refractivity contribution in [2.45, 2.75) is 6.42 Å². The van der Waals surface area contributed by atoms with Crippen LogP contribution in [0.1, 0.15) is 5.56 Å². The summed E-state index contributed by atoms with van der Waals surface area (Å²) >= 11 is 0. The Morgan fingerprint density at radius 3 is 3.06 bits per heavy atom. The van der Waals surface area contributed by atoms with E-state index < -0.39 is 5.91 Å². The number of primary amides is 1. The Morgan fingerprint density at radius 1 is 1.38 bits per heavy atom. The average molecular weight is 212 g/mol. The number of amides is 1. The first-order valence-corrected chi connectivity index (χ1v) is 4.85. The van der Waals surface area contributed by atoms with Crippen molar-refractivity contribution >= 4 is 23.9 Å². The molecule has 16 heavy (non-hydrogen) atoms. The van der Waals surface area contributed by atoms with Gasteiger partial charge >= 0.3 is 0 Å². The smallest absolute Gasteiger partial charge is 0.244 e. The SMILES string of the molecule is NC(=O)C1=CC=c2ncc3c(c2C1)N=NC=3. The standard InChI is InChI=1S/C11H8N4O/c12-11(16)6-1-2-9-8(3-6)10-7(4-13-9)5-14-15-10/h1-2,4-5H,3H2,(H2,12,16). The van der Waals surface area contributed by atoms with Crippen molar-refractivity contribution in [1.29, 1.82) is 0 Å². The molecule has 0 bridgehead atoms. The normalized spacial score (nSPS) is 15.6. The van der Waals surface area contributed by atoms with Crippen molar-refractivity contribution in [3.8, 4) is 0 Å². The summed E-state index contributed by atoms with van der Waals surface area (Å²) in [4.78, 5) is 15.4. The number of allylic oxidation sites excluding steroid dienone is 1. The van der Waals surface area contributed by atoms with Crippen LogP contribution in [0.15, 0.2) is 28.1 Å². The maximum Gasteiger partial charge on any atom is 0.244 e. The lowest BCUT2D eigenvalue weighted by molar-refractivity contribution is -0.114. The van der Waals surface area contributed by atoms with Gasteiger partial charge in [-0.05, 0) is 6.08 Å². The molecule has 0 aromatic carbocycles. The lowest BCUT2D eigenvalue weighted by atomic mass is 9.98. The van der Waals surface area contributed by atoms with Gasteiger partial charge in [-0.25, -0.2) is 0 Å². The fourth-order valence-electron chi connectivity index (χ4n) is 1.85. The lowest BCUT2D eigenvalue weighted by Gasteiger charge is -2.09. The Bertz CT molecular complexity index is 670. The summed E-state index contributed by atoms with van der Waals surface area (Å²) < 4.78 is 0. The van der Waals surface area contributed by atoms with Crippen LogP contribution in [0.2, 0.25) is 0 Å². The van der Waals surface area contributed by atoms with E-state index in [0.29, 0.717) is 12.0 Å². The average Bonchev–Trinajstić information content (AvgIpc) is 2.76. The van der Waals surface area contributed by atoms with E-state index >= 15 is 0 Å². The van der Waals surface area contributed by atoms with E-state index in [9.17, 15) is 4.79 Å². The van der Waals surface area contributed by atoms with Crippen molar-refractivity contribution in [3.63, 3.8) is 0 Å². The third-order valence-corrected chi connectivity index (χ3v) is 2.69. The summed E-state index contributed by atoms with van der Waals surface area (Å²) in [5, 5.41) is 9.59. The Hall–Kier alpha value is -2.30. The van der Waals surface area contributed by atoms with Crippen molar-refractivity contribution in [2.24, 2.45) is 16.0 Å². The number of hydrogen-bond acceptors (Lipinski definition) is 4. The molecule has 1 aliphatic carbocycles. The van der Waals surface area contributed by atoms with Crippen molar-refractivity contribution < 1.29 is 4.79 Å². The fourth-order valence-corrected chi connectivity index (χ4v) is 1.85. The van der Waals surface area contributed by atoms with Crippen molar-refractivity contribution in [1.82, 2.24) is 4.98 Å². The maximum absolute atomic E-state index is 11.1. The molecular formula is C11H8N4O. The second kappa shape index (κ2) is 3.10. The highest BCUT2D eigenvalue weighted by Crippen LogP contribution is 2.19. The molecule has 0 unspecified atom stereocenters. The highest BCUT2D eigenvalue weighted by Gasteiger charge is 2.16. The Balaban J connectivity index is 2.25. The van der Waals surface area contributed by atoms with Gasteiger partial charge in [0, 0.05) is 29.0 Å². The largest absolute Gasteiger partial charge is 0.366 e. The number of pyridine rings is 1. The van der Waals surface area contributed by atoms with Crippen molar-refractivity contribution in [3.05, 3.63) is 34.0 Å². The topological polar surface area (TPSA) is 80.7 Å². The number of fused-ring (bicyclic) bond motifs is 3. The van der Waals surface area contributed by atoms with E-state index in [-0.39, 0.29) is 0 Å². The number of carbonyl (C=O) groups excluding carboxylic acids is 1. The Labute approximate surface area is 90.7 Å². The van der Waals surface area contributed by atoms with Crippen LogP contribution in [-0.4, -0.2) is 10.9 Å². The van der Waals surface area contributed by atoms with E-state index in [2.05, 4.69) is 15.2 Å². The lowest BCUT2D eigenvalue weighted by Crippen LogP contribution is -2.26. The Morgan fingerprint density at radius 2 is 2.25 bits per heavy atom. The molecule has 2 aliphatic rings. The summed E-state index contributed by atoms with van der Waals surface area (Å²) in [5.74, 6) is -0.404. The number of carbonyl (C=O) groups is 1. The van der Waals surface area contributed by atoms with Gasteiger partial charge in [-0.2, -0.15) is 10.2 Å². The first kappa shape index (κ1) is 8.96. The first-order valence-electron chi connectivity index (χ1n) is 4.85. The first-order chi connectivity index (χ1) is 7.75. The van der Waals surface area contributed by atoms with Gasteiger partial charge in [-0.1, -0.05) is 6.08 Å². The molecule has 0 fully saturated rings. The summed E-state index contributed by atoms with van der Waals surface area (Å²) in [6, 6.07) is 0. The molecule has 0 radical (unpaired) electrons. The van der Waals surface area contributed by atoms with Gasteiger partial charge in [0.2, 0.25) is 5.91 Å². The van der Waals surface area contributed by atoms with Gasteiger partial charge in [0.1, 0.15) is 5.69 Å². The fraction of sp³-hybridized carbons (Fsp3) is 0.0909. The predicted molar refractivity (Wildman–Crippen MR) is 57.9 cm³/mol. The minimum Gasteiger partial charge on any atom is -0.366 e. The molecule has 2 N–H and O–H groups in total. The third-order valence-electron chi connectivity index (χ3n) is 2.69. The molecular weight excluding hydrogens is 204 g/mol. The quantitative estimate of drug-likeness (QED) is 0.691. The van der Waals surface area contributed by atoms with Gasteiger partial charge in [-0.15, -0.1) is 0 Å². The monoisotopic (exact) mass is 212 g/mol. The number of aromatic nitrogens is 1. The second-order valence-corrected chi connectivity index (χ2v) is 3.67. The van der Waals surface area contributed by atoms with Gasteiger partial charge in [0.15, 0.2) is 0 Å². The van der Waals surface area contributed by atoms with Crippen molar-refractivity contribution in [2.75, 3.05) is 0 Å². The maximum atomic E-state index is 11.1. The molecule has 2 heterocycles. The molecule has 5 nitrogen and oxygen atoms in total. The van der Waals surface area contributed by atoms with E-state index in [1.54, 1.807) is 24.5 Å². The highest BCUT2D eigenvalue weighted by atomic mass is 16.1. The summed E-state index contributed by atoms with van der Waals surface area (Å²) in [7, 11) is 0. The van der Waals surface area contributed by atoms with Crippen LogP contribution in [0.3, 0.4) is 0 Å². The summed E-state index contributed by atoms with van der Waals surface area (Å²) in [6.45, 7) is 0. The van der Waals surface area contributed by atoms with Gasteiger partial charge in [-0.3, -0.25) is 9.78 Å². The zero-order valence-corrected chi connectivity index (χ0v) is 8.34. The number of nitrogens with two attached hydrogens (primary N) is 1. The molecule has 0 atom stereocenters. The van der Waals surface area contributed by atoms with Crippen LogP contribution in [0.25, 0.3) is 12.3 Å². The van der Waals surface area contributed by atoms with Gasteiger partial charge in [0.25, 0.3) is 0 Å². The van der Waals surface area contributed by atoms with E-state index in [0.717, 1.165) is 21.8 Å². The molecule has 0 spiro atoms. The van der Waals surface area contributed by atoms with E-state index in [1.165, 1.54) is 0 Å². The molecule has 0 saturated heterocycles. The second-order valence-electron chi connectivity index (χ2n) is 3.67. The van der Waals surface area contributed by atoms with Gasteiger partial charge < -0.3 is 5.73 Å². The molecule has 1 amide bonds. The predicted octanol–water partition coefficient (Wildman–Crippen LogP) is -0.335. The van der Waals surface area contributed by atoms with Crippen LogP contribution >= 0.6 is 0 Å². The highest BCUT2D eigenvalue weighted by molar-refractivity contribution is 5.94. The number of nitrogens with zero attached hydrogens (tertiary/aromatic N) is 3. The molecule has 5 heteroatoms. The van der Waals surface area contributed by atoms with Crippen LogP contribution in [0.5, 0.6) is 0 Å². The minimum absolute atomic E-state index is 0.404. The molecule has 78 valence electrons. The van der Waals surface area contributed by atoms with E-state index in [4.69, 9.17) is 5.73 Å². The van der Waals surface area contributed by atoms with Gasteiger partial charge in [0.05, 0.1) is 11.5 Å². The Kier molecular flexibility index (Phi) is 1.73. The summed E-state index contributed by atoms with van der Waals surface area (Å²) in [5.41, 5.74) is 7.56. The molecule has 3 rings (SSSR count). The zero-order valence-electron chi connectivity index (χ0n) is 8.34. The van der Waals surface area contributed by atoms with Crippen LogP contribution in [0.4, 0.5) is 5.69 Å². The molecule has 1 aliphatic heterocycles. The van der Waals surface area contributed by atoms with Crippen LogP contribution in [-0.2, 0) is 11.2 Å². The third kappa shape index (κ3) is 1.18. The van der Waals surface area contributed by atoms with Crippen LogP contribution < -0.4 is 16.3 Å². The zero-order chi connectivity index (χ0) is 11.1.